The molecular weight excluding hydrogens is 226 g/mol. The monoisotopic (exact) mass is 249 g/mol. The molecule has 0 aromatic carbocycles. The Balaban J connectivity index is 1.83. The van der Waals surface area contributed by atoms with Gasteiger partial charge in [0.05, 0.1) is 6.61 Å². The maximum atomic E-state index is 5.58. The van der Waals surface area contributed by atoms with E-state index in [1.807, 2.05) is 13.1 Å². The van der Waals surface area contributed by atoms with E-state index in [0.29, 0.717) is 12.1 Å². The van der Waals surface area contributed by atoms with Crippen LogP contribution in [0.3, 0.4) is 0 Å². The second-order valence-corrected chi connectivity index (χ2v) is 5.38. The van der Waals surface area contributed by atoms with E-state index in [1.54, 1.807) is 0 Å². The van der Waals surface area contributed by atoms with Crippen molar-refractivity contribution in [2.75, 3.05) is 6.61 Å². The van der Waals surface area contributed by atoms with E-state index in [0.717, 1.165) is 36.7 Å². The predicted octanol–water partition coefficient (Wildman–Crippen LogP) is 2.46. The van der Waals surface area contributed by atoms with Gasteiger partial charge in [-0.05, 0) is 19.3 Å². The predicted molar refractivity (Wildman–Crippen MR) is 71.6 cm³/mol. The smallest absolute Gasteiger partial charge is 0.316 e. The lowest BCUT2D eigenvalue weighted by Gasteiger charge is -2.10. The molecule has 2 rings (SSSR count). The lowest BCUT2D eigenvalue weighted by atomic mass is 10.2. The third kappa shape index (κ3) is 4.26. The average molecular weight is 249 g/mol. The summed E-state index contributed by atoms with van der Waals surface area (Å²) >= 11 is 0. The van der Waals surface area contributed by atoms with E-state index in [2.05, 4.69) is 29.1 Å². The zero-order valence-electron chi connectivity index (χ0n) is 11.6. The number of nitrogens with zero attached hydrogens (tertiary/aromatic N) is 2. The van der Waals surface area contributed by atoms with Gasteiger partial charge < -0.3 is 10.1 Å². The van der Waals surface area contributed by atoms with Crippen molar-refractivity contribution < 1.29 is 4.74 Å². The van der Waals surface area contributed by atoms with Crippen LogP contribution in [0.4, 0.5) is 0 Å². The highest BCUT2D eigenvalue weighted by molar-refractivity contribution is 5.17. The van der Waals surface area contributed by atoms with Gasteiger partial charge in [-0.2, -0.15) is 0 Å². The fourth-order valence-electron chi connectivity index (χ4n) is 1.75. The summed E-state index contributed by atoms with van der Waals surface area (Å²) in [5.74, 6) is 0.889. The van der Waals surface area contributed by atoms with Crippen LogP contribution in [0.5, 0.6) is 6.01 Å². The van der Waals surface area contributed by atoms with Gasteiger partial charge in [0.25, 0.3) is 0 Å². The normalized spacial score (nSPS) is 15.1. The quantitative estimate of drug-likeness (QED) is 0.806. The minimum atomic E-state index is 0.471. The van der Waals surface area contributed by atoms with Crippen molar-refractivity contribution in [3.05, 3.63) is 17.5 Å². The van der Waals surface area contributed by atoms with Gasteiger partial charge >= 0.3 is 6.01 Å². The molecule has 1 N–H and O–H groups in total. The summed E-state index contributed by atoms with van der Waals surface area (Å²) in [7, 11) is 0. The molecule has 1 fully saturated rings. The number of rotatable bonds is 7. The molecule has 0 radical (unpaired) electrons. The molecule has 1 saturated carbocycles. The Hall–Kier alpha value is -1.16. The SMILES string of the molecule is Cc1nc(OCCC2CC2)ncc1CNC(C)C. The van der Waals surface area contributed by atoms with Gasteiger partial charge in [0, 0.05) is 30.0 Å². The molecule has 4 nitrogen and oxygen atoms in total. The Morgan fingerprint density at radius 3 is 2.83 bits per heavy atom. The Morgan fingerprint density at radius 1 is 1.44 bits per heavy atom. The zero-order chi connectivity index (χ0) is 13.0. The molecule has 1 heterocycles. The van der Waals surface area contributed by atoms with Crippen LogP contribution in [0.25, 0.3) is 0 Å². The molecule has 0 spiro atoms. The number of hydrogen-bond donors (Lipinski definition) is 1. The van der Waals surface area contributed by atoms with E-state index in [4.69, 9.17) is 4.74 Å². The fourth-order valence-corrected chi connectivity index (χ4v) is 1.75. The molecule has 0 amide bonds. The lowest BCUT2D eigenvalue weighted by molar-refractivity contribution is 0.278. The first-order valence-electron chi connectivity index (χ1n) is 6.84. The molecule has 1 aromatic heterocycles. The van der Waals surface area contributed by atoms with E-state index in [1.165, 1.54) is 12.8 Å². The minimum absolute atomic E-state index is 0.471. The van der Waals surface area contributed by atoms with E-state index in [9.17, 15) is 0 Å². The van der Waals surface area contributed by atoms with Crippen LogP contribution in [-0.4, -0.2) is 22.6 Å². The van der Waals surface area contributed by atoms with Gasteiger partial charge in [-0.25, -0.2) is 9.97 Å². The first-order valence-corrected chi connectivity index (χ1v) is 6.84. The Bertz CT molecular complexity index is 389. The van der Waals surface area contributed by atoms with E-state index >= 15 is 0 Å². The first-order chi connectivity index (χ1) is 8.65. The second kappa shape index (κ2) is 6.14. The number of aryl methyl sites for hydroxylation is 1. The third-order valence-electron chi connectivity index (χ3n) is 3.21. The van der Waals surface area contributed by atoms with Crippen molar-refractivity contribution in [3.63, 3.8) is 0 Å². The van der Waals surface area contributed by atoms with E-state index < -0.39 is 0 Å². The van der Waals surface area contributed by atoms with Crippen LogP contribution < -0.4 is 10.1 Å². The van der Waals surface area contributed by atoms with Crippen molar-refractivity contribution in [2.24, 2.45) is 5.92 Å². The summed E-state index contributed by atoms with van der Waals surface area (Å²) in [4.78, 5) is 8.66. The number of nitrogens with one attached hydrogen (secondary N) is 1. The third-order valence-corrected chi connectivity index (χ3v) is 3.21. The molecule has 1 aromatic rings. The summed E-state index contributed by atoms with van der Waals surface area (Å²) in [5.41, 5.74) is 2.14. The molecule has 0 aliphatic heterocycles. The minimum Gasteiger partial charge on any atom is -0.463 e. The van der Waals surface area contributed by atoms with Gasteiger partial charge in [0.15, 0.2) is 0 Å². The lowest BCUT2D eigenvalue weighted by Crippen LogP contribution is -2.22. The van der Waals surface area contributed by atoms with Gasteiger partial charge in [0.2, 0.25) is 0 Å². The number of hydrogen-bond acceptors (Lipinski definition) is 4. The number of aromatic nitrogens is 2. The first kappa shape index (κ1) is 13.3. The average Bonchev–Trinajstić information content (AvgIpc) is 3.12. The standard InChI is InChI=1S/C14H23N3O/c1-10(2)15-8-13-9-16-14(17-11(13)3)18-7-6-12-4-5-12/h9-10,12,15H,4-8H2,1-3H3. The molecule has 0 saturated heterocycles. The van der Waals surface area contributed by atoms with Crippen molar-refractivity contribution in [1.82, 2.24) is 15.3 Å². The highest BCUT2D eigenvalue weighted by Gasteiger charge is 2.20. The largest absolute Gasteiger partial charge is 0.463 e. The topological polar surface area (TPSA) is 47.0 Å². The Labute approximate surface area is 109 Å². The van der Waals surface area contributed by atoms with Crippen LogP contribution in [0.1, 0.15) is 44.4 Å². The van der Waals surface area contributed by atoms with Gasteiger partial charge in [-0.15, -0.1) is 0 Å². The zero-order valence-corrected chi connectivity index (χ0v) is 11.6. The molecule has 100 valence electrons. The Kier molecular flexibility index (Phi) is 4.53. The van der Waals surface area contributed by atoms with Crippen LogP contribution in [0.15, 0.2) is 6.20 Å². The van der Waals surface area contributed by atoms with Crippen molar-refractivity contribution >= 4 is 0 Å². The number of ether oxygens (including phenoxy) is 1. The molecule has 4 heteroatoms. The summed E-state index contributed by atoms with van der Waals surface area (Å²) in [5, 5.41) is 3.37. The molecule has 18 heavy (non-hydrogen) atoms. The molecule has 1 aliphatic rings. The summed E-state index contributed by atoms with van der Waals surface area (Å²) in [6.07, 6.45) is 5.73. The highest BCUT2D eigenvalue weighted by Crippen LogP contribution is 2.32. The summed E-state index contributed by atoms with van der Waals surface area (Å²) < 4.78 is 5.58. The maximum Gasteiger partial charge on any atom is 0.316 e. The van der Waals surface area contributed by atoms with Crippen LogP contribution >= 0.6 is 0 Å². The van der Waals surface area contributed by atoms with Crippen LogP contribution in [0.2, 0.25) is 0 Å². The van der Waals surface area contributed by atoms with Crippen LogP contribution in [-0.2, 0) is 6.54 Å². The summed E-state index contributed by atoms with van der Waals surface area (Å²) in [6.45, 7) is 7.82. The molecule has 0 unspecified atom stereocenters. The molecule has 1 aliphatic carbocycles. The van der Waals surface area contributed by atoms with Crippen molar-refractivity contribution in [3.8, 4) is 6.01 Å². The van der Waals surface area contributed by atoms with Gasteiger partial charge in [0.1, 0.15) is 0 Å². The highest BCUT2D eigenvalue weighted by atomic mass is 16.5. The van der Waals surface area contributed by atoms with Crippen LogP contribution in [0, 0.1) is 12.8 Å². The van der Waals surface area contributed by atoms with Gasteiger partial charge in [-0.3, -0.25) is 0 Å². The van der Waals surface area contributed by atoms with Crippen molar-refractivity contribution in [1.29, 1.82) is 0 Å². The molecule has 0 atom stereocenters. The maximum absolute atomic E-state index is 5.58. The summed E-state index contributed by atoms with van der Waals surface area (Å²) in [6, 6.07) is 0.986. The second-order valence-electron chi connectivity index (χ2n) is 5.38. The van der Waals surface area contributed by atoms with Crippen molar-refractivity contribution in [2.45, 2.75) is 52.6 Å². The van der Waals surface area contributed by atoms with Gasteiger partial charge in [-0.1, -0.05) is 26.7 Å². The Morgan fingerprint density at radius 2 is 2.22 bits per heavy atom. The van der Waals surface area contributed by atoms with E-state index in [-0.39, 0.29) is 0 Å². The fraction of sp³-hybridized carbons (Fsp3) is 0.714. The molecular formula is C14H23N3O. The molecule has 0 bridgehead atoms.